The third kappa shape index (κ3) is 4.87. The SMILES string of the molecule is O=C(O)CN(CO)C(=S)CC(c1ccccc1)c1ccccc1. The zero-order valence-electron chi connectivity index (χ0n) is 12.6. The van der Waals surface area contributed by atoms with Crippen LogP contribution >= 0.6 is 12.2 Å². The summed E-state index contributed by atoms with van der Waals surface area (Å²) in [4.78, 5) is 12.6. The number of hydrogen-bond acceptors (Lipinski definition) is 3. The van der Waals surface area contributed by atoms with Crippen molar-refractivity contribution in [3.8, 4) is 0 Å². The Kier molecular flexibility index (Phi) is 6.26. The quantitative estimate of drug-likeness (QED) is 0.604. The van der Waals surface area contributed by atoms with Gasteiger partial charge in [-0.25, -0.2) is 0 Å². The Morgan fingerprint density at radius 3 is 1.87 bits per heavy atom. The number of aliphatic hydroxyl groups is 1. The van der Waals surface area contributed by atoms with E-state index in [2.05, 4.69) is 0 Å². The standard InChI is InChI=1S/C18H19NO3S/c20-13-19(12-18(21)22)17(23)11-16(14-7-3-1-4-8-14)15-9-5-2-6-10-15/h1-10,16,20H,11-13H2,(H,21,22). The summed E-state index contributed by atoms with van der Waals surface area (Å²) >= 11 is 5.37. The number of benzene rings is 2. The minimum Gasteiger partial charge on any atom is -0.480 e. The van der Waals surface area contributed by atoms with Gasteiger partial charge < -0.3 is 15.1 Å². The third-order valence-corrected chi connectivity index (χ3v) is 4.06. The highest BCUT2D eigenvalue weighted by atomic mass is 32.1. The highest BCUT2D eigenvalue weighted by molar-refractivity contribution is 7.80. The smallest absolute Gasteiger partial charge is 0.323 e. The molecule has 0 fully saturated rings. The zero-order chi connectivity index (χ0) is 16.7. The summed E-state index contributed by atoms with van der Waals surface area (Å²) in [6.07, 6.45) is 0.469. The van der Waals surface area contributed by atoms with Crippen LogP contribution in [-0.4, -0.2) is 39.3 Å². The summed E-state index contributed by atoms with van der Waals surface area (Å²) in [6.45, 7) is -0.701. The molecule has 0 aliphatic carbocycles. The Morgan fingerprint density at radius 1 is 1.00 bits per heavy atom. The fraction of sp³-hybridized carbons (Fsp3) is 0.222. The van der Waals surface area contributed by atoms with Crippen LogP contribution < -0.4 is 0 Å². The molecule has 0 bridgehead atoms. The highest BCUT2D eigenvalue weighted by Crippen LogP contribution is 2.28. The van der Waals surface area contributed by atoms with Gasteiger partial charge in [0, 0.05) is 12.3 Å². The first-order valence-corrected chi connectivity index (χ1v) is 7.73. The van der Waals surface area contributed by atoms with E-state index in [0.717, 1.165) is 11.1 Å². The normalized spacial score (nSPS) is 10.5. The van der Waals surface area contributed by atoms with Gasteiger partial charge in [-0.05, 0) is 11.1 Å². The Morgan fingerprint density at radius 2 is 1.48 bits per heavy atom. The summed E-state index contributed by atoms with van der Waals surface area (Å²) < 4.78 is 0. The van der Waals surface area contributed by atoms with Crippen LogP contribution in [0.1, 0.15) is 23.5 Å². The second-order valence-electron chi connectivity index (χ2n) is 5.20. The summed E-state index contributed by atoms with van der Waals surface area (Å²) in [6, 6.07) is 19.9. The molecular formula is C18H19NO3S. The van der Waals surface area contributed by atoms with Crippen LogP contribution in [0, 0.1) is 0 Å². The fourth-order valence-corrected chi connectivity index (χ4v) is 2.77. The molecule has 0 saturated carbocycles. The molecule has 0 unspecified atom stereocenters. The fourth-order valence-electron chi connectivity index (χ4n) is 2.48. The van der Waals surface area contributed by atoms with E-state index in [1.54, 1.807) is 0 Å². The molecule has 120 valence electrons. The molecule has 0 radical (unpaired) electrons. The number of thiocarbonyl (C=S) groups is 1. The van der Waals surface area contributed by atoms with Crippen LogP contribution in [0.5, 0.6) is 0 Å². The molecule has 0 aliphatic heterocycles. The van der Waals surface area contributed by atoms with Gasteiger partial charge in [0.05, 0.1) is 4.99 Å². The Bertz CT molecular complexity index is 606. The Balaban J connectivity index is 2.25. The van der Waals surface area contributed by atoms with E-state index in [9.17, 15) is 9.90 Å². The molecule has 0 heterocycles. The van der Waals surface area contributed by atoms with Gasteiger partial charge in [-0.15, -0.1) is 0 Å². The number of nitrogens with zero attached hydrogens (tertiary/aromatic N) is 1. The summed E-state index contributed by atoms with van der Waals surface area (Å²) in [5.74, 6) is -0.995. The molecular weight excluding hydrogens is 310 g/mol. The van der Waals surface area contributed by atoms with E-state index in [0.29, 0.717) is 11.4 Å². The molecule has 0 aromatic heterocycles. The van der Waals surface area contributed by atoms with Crippen molar-refractivity contribution in [2.75, 3.05) is 13.3 Å². The lowest BCUT2D eigenvalue weighted by molar-refractivity contribution is -0.138. The molecule has 23 heavy (non-hydrogen) atoms. The van der Waals surface area contributed by atoms with Crippen molar-refractivity contribution >= 4 is 23.2 Å². The summed E-state index contributed by atoms with van der Waals surface area (Å²) in [7, 11) is 0. The van der Waals surface area contributed by atoms with Crippen molar-refractivity contribution in [2.45, 2.75) is 12.3 Å². The number of rotatable bonds is 7. The van der Waals surface area contributed by atoms with Crippen molar-refractivity contribution < 1.29 is 15.0 Å². The lowest BCUT2D eigenvalue weighted by Gasteiger charge is -2.25. The van der Waals surface area contributed by atoms with Crippen LogP contribution in [0.2, 0.25) is 0 Å². The van der Waals surface area contributed by atoms with Gasteiger partial charge in [0.15, 0.2) is 0 Å². The van der Waals surface area contributed by atoms with E-state index >= 15 is 0 Å². The average Bonchev–Trinajstić information content (AvgIpc) is 2.58. The number of aliphatic hydroxyl groups excluding tert-OH is 1. The minimum atomic E-state index is -1.02. The number of carboxylic acid groups (broad SMARTS) is 1. The van der Waals surface area contributed by atoms with Gasteiger partial charge in [-0.3, -0.25) is 4.79 Å². The van der Waals surface area contributed by atoms with Crippen LogP contribution in [0.15, 0.2) is 60.7 Å². The first-order valence-electron chi connectivity index (χ1n) is 7.32. The lowest BCUT2D eigenvalue weighted by Crippen LogP contribution is -2.36. The first-order chi connectivity index (χ1) is 11.1. The van der Waals surface area contributed by atoms with Crippen molar-refractivity contribution in [3.63, 3.8) is 0 Å². The number of carbonyl (C=O) groups is 1. The predicted octanol–water partition coefficient (Wildman–Crippen LogP) is 2.87. The van der Waals surface area contributed by atoms with E-state index in [-0.39, 0.29) is 12.5 Å². The molecule has 2 aromatic carbocycles. The molecule has 0 saturated heterocycles. The molecule has 2 aromatic rings. The number of hydrogen-bond donors (Lipinski definition) is 2. The number of carboxylic acids is 1. The topological polar surface area (TPSA) is 60.8 Å². The molecule has 2 rings (SSSR count). The highest BCUT2D eigenvalue weighted by Gasteiger charge is 2.20. The third-order valence-electron chi connectivity index (χ3n) is 3.63. The molecule has 2 N–H and O–H groups in total. The van der Waals surface area contributed by atoms with Gasteiger partial charge in [0.25, 0.3) is 0 Å². The van der Waals surface area contributed by atoms with E-state index in [4.69, 9.17) is 17.3 Å². The number of aliphatic carboxylic acids is 1. The van der Waals surface area contributed by atoms with Crippen LogP contribution in [0.4, 0.5) is 0 Å². The van der Waals surface area contributed by atoms with Gasteiger partial charge in [-0.1, -0.05) is 72.9 Å². The van der Waals surface area contributed by atoms with Gasteiger partial charge in [0.1, 0.15) is 13.3 Å². The molecule has 0 spiro atoms. The molecule has 0 aliphatic rings. The van der Waals surface area contributed by atoms with E-state index < -0.39 is 12.7 Å². The van der Waals surface area contributed by atoms with Gasteiger partial charge >= 0.3 is 5.97 Å². The molecule has 4 nitrogen and oxygen atoms in total. The van der Waals surface area contributed by atoms with Crippen LogP contribution in [0.25, 0.3) is 0 Å². The van der Waals surface area contributed by atoms with Crippen molar-refractivity contribution in [3.05, 3.63) is 71.8 Å². The average molecular weight is 329 g/mol. The van der Waals surface area contributed by atoms with Crippen molar-refractivity contribution in [1.82, 2.24) is 4.90 Å². The molecule has 0 amide bonds. The van der Waals surface area contributed by atoms with Crippen molar-refractivity contribution in [2.24, 2.45) is 0 Å². The predicted molar refractivity (Wildman–Crippen MR) is 93.4 cm³/mol. The van der Waals surface area contributed by atoms with Crippen LogP contribution in [-0.2, 0) is 4.79 Å². The van der Waals surface area contributed by atoms with Gasteiger partial charge in [0.2, 0.25) is 0 Å². The largest absolute Gasteiger partial charge is 0.480 e. The Hall–Kier alpha value is -2.24. The Labute approximate surface area is 141 Å². The van der Waals surface area contributed by atoms with Crippen LogP contribution in [0.3, 0.4) is 0 Å². The molecule has 0 atom stereocenters. The molecule has 5 heteroatoms. The maximum atomic E-state index is 10.9. The first kappa shape index (κ1) is 17.1. The summed E-state index contributed by atoms with van der Waals surface area (Å²) in [5.41, 5.74) is 2.21. The lowest BCUT2D eigenvalue weighted by atomic mass is 9.88. The second-order valence-corrected chi connectivity index (χ2v) is 5.68. The van der Waals surface area contributed by atoms with E-state index in [1.165, 1.54) is 4.90 Å². The second kappa shape index (κ2) is 8.41. The summed E-state index contributed by atoms with van der Waals surface area (Å²) in [5, 5.41) is 18.3. The zero-order valence-corrected chi connectivity index (χ0v) is 13.4. The van der Waals surface area contributed by atoms with Gasteiger partial charge in [-0.2, -0.15) is 0 Å². The van der Waals surface area contributed by atoms with E-state index in [1.807, 2.05) is 60.7 Å². The monoisotopic (exact) mass is 329 g/mol. The van der Waals surface area contributed by atoms with Crippen molar-refractivity contribution in [1.29, 1.82) is 0 Å². The maximum Gasteiger partial charge on any atom is 0.323 e. The maximum absolute atomic E-state index is 10.9. The minimum absolute atomic E-state index is 0.0211.